The van der Waals surface area contributed by atoms with E-state index in [9.17, 15) is 15.0 Å². The molecule has 0 saturated heterocycles. The zero-order chi connectivity index (χ0) is 30.3. The summed E-state index contributed by atoms with van der Waals surface area (Å²) in [6, 6.07) is 1.58. The van der Waals surface area contributed by atoms with Crippen LogP contribution in [0.3, 0.4) is 0 Å². The third kappa shape index (κ3) is 7.78. The number of oxazole rings is 1. The Morgan fingerprint density at radius 1 is 1.29 bits per heavy atom. The van der Waals surface area contributed by atoms with Crippen molar-refractivity contribution in [3.8, 4) is 5.75 Å². The van der Waals surface area contributed by atoms with Crippen LogP contribution in [0.15, 0.2) is 53.0 Å². The Balaban J connectivity index is 2.19. The topological polar surface area (TPSA) is 149 Å². The van der Waals surface area contributed by atoms with Gasteiger partial charge in [-0.15, -0.1) is 6.58 Å². The number of amides is 1. The molecule has 5 N–H and O–H groups in total. The number of fused-ring (bicyclic) bond motifs is 1. The molecule has 0 unspecified atom stereocenters. The van der Waals surface area contributed by atoms with Crippen LogP contribution in [0, 0.1) is 11.8 Å². The van der Waals surface area contributed by atoms with Crippen molar-refractivity contribution >= 4 is 28.5 Å². The molecule has 2 bridgehead atoms. The number of benzene rings is 1. The second-order valence-electron chi connectivity index (χ2n) is 10.7. The smallest absolute Gasteiger partial charge is 0.405 e. The minimum absolute atomic E-state index is 0.0250. The van der Waals surface area contributed by atoms with E-state index in [1.165, 1.54) is 7.11 Å². The van der Waals surface area contributed by atoms with Gasteiger partial charge in [-0.25, -0.2) is 9.78 Å². The lowest BCUT2D eigenvalue weighted by Gasteiger charge is -2.29. The number of anilines is 1. The summed E-state index contributed by atoms with van der Waals surface area (Å²) in [5.74, 6) is 0.142. The molecule has 0 saturated carbocycles. The minimum Gasteiger partial charge on any atom is -0.506 e. The molecule has 1 aromatic heterocycles. The van der Waals surface area contributed by atoms with E-state index in [1.54, 1.807) is 38.3 Å². The number of primary amides is 1. The van der Waals surface area contributed by atoms with Crippen molar-refractivity contribution in [2.24, 2.45) is 17.6 Å². The maximum absolute atomic E-state index is 11.8. The quantitative estimate of drug-likeness (QED) is 0.275. The first kappa shape index (κ1) is 31.9. The van der Waals surface area contributed by atoms with Crippen LogP contribution in [-0.4, -0.2) is 66.5 Å². The molecule has 224 valence electrons. The Morgan fingerprint density at radius 3 is 2.66 bits per heavy atom. The lowest BCUT2D eigenvalue weighted by atomic mass is 9.87. The number of hydrogen-bond donors (Lipinski definition) is 4. The standard InChI is InChI=1S/C31H43N3O7/c1-8-12-33-26-21-13-17(2)14-25(39-7)27(36)19(4)15-20(5)28(41-31(32)37)24(38-6)11-9-10-18(3)30-34-22(16-23(26)35)29(21)40-30/h8-11,15-17,19,24-25,27-28,33,35-36H,1,12-14H2,2-7H3,(H2,32,37)/b11-9-,18-10+,20-15+/t17-,19+,24+,25+,27+,28+/m1/s1. The molecule has 2 heterocycles. The van der Waals surface area contributed by atoms with Crippen LogP contribution in [0.4, 0.5) is 10.5 Å². The van der Waals surface area contributed by atoms with Crippen LogP contribution in [0.2, 0.25) is 0 Å². The average molecular weight is 570 g/mol. The molecule has 0 radical (unpaired) electrons. The van der Waals surface area contributed by atoms with Crippen LogP contribution in [0.5, 0.6) is 5.75 Å². The number of rotatable bonds is 6. The highest BCUT2D eigenvalue weighted by molar-refractivity contribution is 5.87. The minimum atomic E-state index is -0.934. The molecule has 10 heteroatoms. The fraction of sp³-hybridized carbons (Fsp3) is 0.484. The number of ether oxygens (including phenoxy) is 3. The summed E-state index contributed by atoms with van der Waals surface area (Å²) in [5, 5.41) is 25.4. The molecular formula is C31H43N3O7. The number of carbonyl (C=O) groups excluding carboxylic acids is 1. The van der Waals surface area contributed by atoms with E-state index in [4.69, 9.17) is 24.4 Å². The molecule has 10 nitrogen and oxygen atoms in total. The molecule has 1 amide bonds. The van der Waals surface area contributed by atoms with Gasteiger partial charge in [0.2, 0.25) is 5.89 Å². The lowest BCUT2D eigenvalue weighted by Crippen LogP contribution is -2.37. The number of allylic oxidation sites excluding steroid dienone is 3. The molecule has 3 rings (SSSR count). The zero-order valence-corrected chi connectivity index (χ0v) is 24.7. The predicted octanol–water partition coefficient (Wildman–Crippen LogP) is 5.11. The number of phenols is 1. The largest absolute Gasteiger partial charge is 0.506 e. The van der Waals surface area contributed by atoms with Gasteiger partial charge < -0.3 is 39.9 Å². The third-order valence-corrected chi connectivity index (χ3v) is 7.36. The van der Waals surface area contributed by atoms with Gasteiger partial charge >= 0.3 is 6.09 Å². The zero-order valence-electron chi connectivity index (χ0n) is 24.7. The number of carbonyl (C=O) groups is 1. The Kier molecular flexibility index (Phi) is 11.2. The lowest BCUT2D eigenvalue weighted by molar-refractivity contribution is -0.0398. The van der Waals surface area contributed by atoms with E-state index < -0.39 is 30.5 Å². The number of aromatic nitrogens is 1. The van der Waals surface area contributed by atoms with E-state index in [1.807, 2.05) is 26.0 Å². The Labute approximate surface area is 241 Å². The highest BCUT2D eigenvalue weighted by Crippen LogP contribution is 2.38. The van der Waals surface area contributed by atoms with E-state index in [0.717, 1.165) is 11.1 Å². The Bertz CT molecular complexity index is 1310. The maximum atomic E-state index is 11.8. The molecule has 6 atom stereocenters. The van der Waals surface area contributed by atoms with Crippen molar-refractivity contribution in [1.29, 1.82) is 0 Å². The van der Waals surface area contributed by atoms with Crippen molar-refractivity contribution in [2.45, 2.75) is 65.0 Å². The van der Waals surface area contributed by atoms with Crippen LogP contribution in [0.1, 0.15) is 45.6 Å². The summed E-state index contributed by atoms with van der Waals surface area (Å²) in [4.78, 5) is 16.4. The van der Waals surface area contributed by atoms with E-state index in [0.29, 0.717) is 47.6 Å². The molecule has 2 aromatic rings. The molecule has 41 heavy (non-hydrogen) atoms. The number of aliphatic hydroxyl groups excluding tert-OH is 1. The average Bonchev–Trinajstić information content (AvgIpc) is 3.35. The fourth-order valence-corrected chi connectivity index (χ4v) is 5.23. The van der Waals surface area contributed by atoms with Gasteiger partial charge in [0.15, 0.2) is 11.7 Å². The van der Waals surface area contributed by atoms with Gasteiger partial charge in [-0.2, -0.15) is 0 Å². The second kappa shape index (κ2) is 14.3. The number of aromatic hydroxyl groups is 1. The molecule has 0 aliphatic carbocycles. The summed E-state index contributed by atoms with van der Waals surface area (Å²) >= 11 is 0. The summed E-state index contributed by atoms with van der Waals surface area (Å²) in [7, 11) is 3.08. The van der Waals surface area contributed by atoms with Gasteiger partial charge in [0.1, 0.15) is 17.4 Å². The summed E-state index contributed by atoms with van der Waals surface area (Å²) in [6.45, 7) is 11.8. The molecule has 1 aliphatic heterocycles. The van der Waals surface area contributed by atoms with Gasteiger partial charge in [0.05, 0.1) is 17.9 Å². The van der Waals surface area contributed by atoms with Gasteiger partial charge in [-0.05, 0) is 38.2 Å². The normalized spacial score (nSPS) is 29.4. The Hall–Kier alpha value is -3.60. The van der Waals surface area contributed by atoms with Gasteiger partial charge in [-0.1, -0.05) is 44.2 Å². The van der Waals surface area contributed by atoms with E-state index >= 15 is 0 Å². The SMILES string of the molecule is C=CCNc1c(O)cc2nc3oc2c1C[C@@H](C)C[C@H](OC)[C@@H](O)[C@@H](C)/C=C(\C)[C@H](OC(N)=O)[C@@H](OC)/C=C\C=C\3C. The van der Waals surface area contributed by atoms with Crippen molar-refractivity contribution in [1.82, 2.24) is 4.98 Å². The molecule has 1 aromatic carbocycles. The number of nitrogens with one attached hydrogen (secondary N) is 1. The van der Waals surface area contributed by atoms with Crippen molar-refractivity contribution in [3.63, 3.8) is 0 Å². The monoisotopic (exact) mass is 569 g/mol. The van der Waals surface area contributed by atoms with Crippen molar-refractivity contribution in [3.05, 3.63) is 60.1 Å². The van der Waals surface area contributed by atoms with Crippen LogP contribution in [0.25, 0.3) is 16.7 Å². The maximum Gasteiger partial charge on any atom is 0.405 e. The van der Waals surface area contributed by atoms with Crippen LogP contribution >= 0.6 is 0 Å². The number of nitrogens with two attached hydrogens (primary N) is 1. The Morgan fingerprint density at radius 2 is 2.02 bits per heavy atom. The first-order valence-corrected chi connectivity index (χ1v) is 13.7. The second-order valence-corrected chi connectivity index (χ2v) is 10.7. The number of methoxy groups -OCH3 is 2. The molecular weight excluding hydrogens is 526 g/mol. The van der Waals surface area contributed by atoms with Crippen LogP contribution < -0.4 is 11.1 Å². The van der Waals surface area contributed by atoms with Gasteiger partial charge in [0.25, 0.3) is 0 Å². The molecule has 0 fully saturated rings. The molecule has 1 aliphatic rings. The van der Waals surface area contributed by atoms with E-state index in [-0.39, 0.29) is 17.6 Å². The third-order valence-electron chi connectivity index (χ3n) is 7.36. The number of aliphatic hydroxyl groups is 1. The first-order valence-electron chi connectivity index (χ1n) is 13.7. The van der Waals surface area contributed by atoms with Crippen LogP contribution in [-0.2, 0) is 20.6 Å². The number of hydrogen-bond acceptors (Lipinski definition) is 9. The highest BCUT2D eigenvalue weighted by Gasteiger charge is 2.30. The van der Waals surface area contributed by atoms with E-state index in [2.05, 4.69) is 23.8 Å². The van der Waals surface area contributed by atoms with Crippen molar-refractivity contribution in [2.75, 3.05) is 26.1 Å². The van der Waals surface area contributed by atoms with Crippen molar-refractivity contribution < 1.29 is 33.6 Å². The first-order chi connectivity index (χ1) is 19.5. The fourth-order valence-electron chi connectivity index (χ4n) is 5.23. The number of nitrogens with zero attached hydrogens (tertiary/aromatic N) is 1. The summed E-state index contributed by atoms with van der Waals surface area (Å²) < 4.78 is 23.1. The molecule has 0 spiro atoms. The highest BCUT2D eigenvalue weighted by atomic mass is 16.6. The van der Waals surface area contributed by atoms with Gasteiger partial charge in [0, 0.05) is 43.9 Å². The van der Waals surface area contributed by atoms with Gasteiger partial charge in [-0.3, -0.25) is 0 Å². The summed E-state index contributed by atoms with van der Waals surface area (Å²) in [5.41, 5.74) is 9.25. The summed E-state index contributed by atoms with van der Waals surface area (Å²) in [6.07, 6.45) is 6.19. The predicted molar refractivity (Wildman–Crippen MR) is 160 cm³/mol. The number of phenolic OH excluding ortho intramolecular Hbond substituents is 1.